The fourth-order valence-corrected chi connectivity index (χ4v) is 2.24. The molecule has 0 aliphatic heterocycles. The standard InChI is InChI=1S/C18H16FN3/c1-22(13-14-5-3-2-4-6-14)18-12-11-17(20-21-18)15-7-9-16(19)10-8-15/h2-12H,13H2,1H3. The van der Waals surface area contributed by atoms with Gasteiger partial charge in [-0.15, -0.1) is 10.2 Å². The lowest BCUT2D eigenvalue weighted by Crippen LogP contribution is -2.18. The van der Waals surface area contributed by atoms with E-state index in [-0.39, 0.29) is 5.82 Å². The van der Waals surface area contributed by atoms with Gasteiger partial charge < -0.3 is 4.90 Å². The van der Waals surface area contributed by atoms with Crippen LogP contribution in [-0.4, -0.2) is 17.2 Å². The van der Waals surface area contributed by atoms with Gasteiger partial charge in [-0.3, -0.25) is 0 Å². The molecule has 4 heteroatoms. The molecule has 0 bridgehead atoms. The van der Waals surface area contributed by atoms with Gasteiger partial charge in [-0.2, -0.15) is 0 Å². The molecule has 0 spiro atoms. The van der Waals surface area contributed by atoms with Crippen LogP contribution in [0.1, 0.15) is 5.56 Å². The summed E-state index contributed by atoms with van der Waals surface area (Å²) in [6.07, 6.45) is 0. The molecule has 0 unspecified atom stereocenters. The van der Waals surface area contributed by atoms with Gasteiger partial charge >= 0.3 is 0 Å². The Balaban J connectivity index is 1.75. The molecule has 0 saturated heterocycles. The van der Waals surface area contributed by atoms with Crippen LogP contribution in [0.5, 0.6) is 0 Å². The molecular formula is C18H16FN3. The Morgan fingerprint density at radius 3 is 2.23 bits per heavy atom. The zero-order valence-corrected chi connectivity index (χ0v) is 12.3. The SMILES string of the molecule is CN(Cc1ccccc1)c1ccc(-c2ccc(F)cc2)nn1. The normalized spacial score (nSPS) is 10.5. The summed E-state index contributed by atoms with van der Waals surface area (Å²) >= 11 is 0. The van der Waals surface area contributed by atoms with E-state index in [9.17, 15) is 4.39 Å². The summed E-state index contributed by atoms with van der Waals surface area (Å²) in [6, 6.07) is 20.3. The van der Waals surface area contributed by atoms with E-state index in [4.69, 9.17) is 0 Å². The number of hydrogen-bond donors (Lipinski definition) is 0. The Morgan fingerprint density at radius 2 is 1.59 bits per heavy atom. The van der Waals surface area contributed by atoms with E-state index < -0.39 is 0 Å². The number of halogens is 1. The Bertz CT molecular complexity index is 725. The van der Waals surface area contributed by atoms with Crippen molar-refractivity contribution < 1.29 is 4.39 Å². The number of hydrogen-bond acceptors (Lipinski definition) is 3. The molecule has 3 nitrogen and oxygen atoms in total. The van der Waals surface area contributed by atoms with E-state index in [0.29, 0.717) is 0 Å². The van der Waals surface area contributed by atoms with E-state index in [1.54, 1.807) is 12.1 Å². The van der Waals surface area contributed by atoms with Crippen molar-refractivity contribution in [1.82, 2.24) is 10.2 Å². The van der Waals surface area contributed by atoms with Crippen LogP contribution < -0.4 is 4.90 Å². The van der Waals surface area contributed by atoms with Crippen LogP contribution in [0.4, 0.5) is 10.2 Å². The highest BCUT2D eigenvalue weighted by atomic mass is 19.1. The molecule has 0 radical (unpaired) electrons. The Kier molecular flexibility index (Phi) is 4.10. The van der Waals surface area contributed by atoms with E-state index in [2.05, 4.69) is 22.3 Å². The van der Waals surface area contributed by atoms with Crippen LogP contribution in [0.15, 0.2) is 66.7 Å². The van der Waals surface area contributed by atoms with Gasteiger partial charge in [0.2, 0.25) is 0 Å². The zero-order chi connectivity index (χ0) is 15.4. The topological polar surface area (TPSA) is 29.0 Å². The van der Waals surface area contributed by atoms with Crippen molar-refractivity contribution >= 4 is 5.82 Å². The molecule has 0 aliphatic rings. The van der Waals surface area contributed by atoms with Crippen LogP contribution in [0.25, 0.3) is 11.3 Å². The average Bonchev–Trinajstić information content (AvgIpc) is 2.57. The zero-order valence-electron chi connectivity index (χ0n) is 12.3. The Morgan fingerprint density at radius 1 is 0.864 bits per heavy atom. The highest BCUT2D eigenvalue weighted by Gasteiger charge is 2.06. The lowest BCUT2D eigenvalue weighted by molar-refractivity contribution is 0.628. The molecule has 0 atom stereocenters. The van der Waals surface area contributed by atoms with Gasteiger partial charge in [0.25, 0.3) is 0 Å². The molecule has 0 amide bonds. The molecule has 0 N–H and O–H groups in total. The van der Waals surface area contributed by atoms with Crippen LogP contribution in [-0.2, 0) is 6.54 Å². The lowest BCUT2D eigenvalue weighted by atomic mass is 10.1. The summed E-state index contributed by atoms with van der Waals surface area (Å²) < 4.78 is 12.9. The maximum absolute atomic E-state index is 12.9. The van der Waals surface area contributed by atoms with Crippen molar-refractivity contribution in [3.05, 3.63) is 78.1 Å². The minimum atomic E-state index is -0.254. The molecular weight excluding hydrogens is 277 g/mol. The van der Waals surface area contributed by atoms with Crippen molar-refractivity contribution in [3.63, 3.8) is 0 Å². The maximum Gasteiger partial charge on any atom is 0.151 e. The van der Waals surface area contributed by atoms with Crippen LogP contribution in [0, 0.1) is 5.82 Å². The second-order valence-electron chi connectivity index (χ2n) is 5.13. The summed E-state index contributed by atoms with van der Waals surface area (Å²) in [5.74, 6) is 0.547. The average molecular weight is 293 g/mol. The third kappa shape index (κ3) is 3.28. The first kappa shape index (κ1) is 14.2. The van der Waals surface area contributed by atoms with E-state index in [1.165, 1.54) is 17.7 Å². The van der Waals surface area contributed by atoms with Crippen molar-refractivity contribution in [3.8, 4) is 11.3 Å². The minimum absolute atomic E-state index is 0.254. The van der Waals surface area contributed by atoms with Gasteiger partial charge in [0.05, 0.1) is 5.69 Å². The lowest BCUT2D eigenvalue weighted by Gasteiger charge is -2.17. The molecule has 3 rings (SSSR count). The molecule has 0 aliphatic carbocycles. The number of benzene rings is 2. The fourth-order valence-electron chi connectivity index (χ4n) is 2.24. The number of anilines is 1. The smallest absolute Gasteiger partial charge is 0.151 e. The molecule has 3 aromatic rings. The van der Waals surface area contributed by atoms with Crippen molar-refractivity contribution in [2.75, 3.05) is 11.9 Å². The first-order valence-corrected chi connectivity index (χ1v) is 7.07. The molecule has 22 heavy (non-hydrogen) atoms. The fraction of sp³-hybridized carbons (Fsp3) is 0.111. The third-order valence-corrected chi connectivity index (χ3v) is 3.44. The molecule has 0 saturated carbocycles. The highest BCUT2D eigenvalue weighted by molar-refractivity contribution is 5.59. The van der Waals surface area contributed by atoms with Gasteiger partial charge in [-0.05, 0) is 42.0 Å². The van der Waals surface area contributed by atoms with E-state index in [1.807, 2.05) is 42.3 Å². The molecule has 1 heterocycles. The third-order valence-electron chi connectivity index (χ3n) is 3.44. The van der Waals surface area contributed by atoms with Gasteiger partial charge in [0.1, 0.15) is 5.82 Å². The monoisotopic (exact) mass is 293 g/mol. The maximum atomic E-state index is 12.9. The van der Waals surface area contributed by atoms with Crippen LogP contribution in [0.2, 0.25) is 0 Å². The van der Waals surface area contributed by atoms with Gasteiger partial charge in [-0.1, -0.05) is 30.3 Å². The first-order valence-electron chi connectivity index (χ1n) is 7.07. The Hall–Kier alpha value is -2.75. The Labute approximate surface area is 129 Å². The quantitative estimate of drug-likeness (QED) is 0.730. The summed E-state index contributed by atoms with van der Waals surface area (Å²) in [5, 5.41) is 8.48. The van der Waals surface area contributed by atoms with E-state index >= 15 is 0 Å². The van der Waals surface area contributed by atoms with Crippen LogP contribution >= 0.6 is 0 Å². The number of rotatable bonds is 4. The molecule has 1 aromatic heterocycles. The summed E-state index contributed by atoms with van der Waals surface area (Å²) in [6.45, 7) is 0.769. The van der Waals surface area contributed by atoms with Gasteiger partial charge in [0, 0.05) is 19.2 Å². The van der Waals surface area contributed by atoms with Gasteiger partial charge in [0.15, 0.2) is 5.82 Å². The summed E-state index contributed by atoms with van der Waals surface area (Å²) in [7, 11) is 1.98. The summed E-state index contributed by atoms with van der Waals surface area (Å²) in [5.41, 5.74) is 2.80. The van der Waals surface area contributed by atoms with Gasteiger partial charge in [-0.25, -0.2) is 4.39 Å². The largest absolute Gasteiger partial charge is 0.354 e. The molecule has 2 aromatic carbocycles. The van der Waals surface area contributed by atoms with Crippen molar-refractivity contribution in [2.24, 2.45) is 0 Å². The molecule has 110 valence electrons. The minimum Gasteiger partial charge on any atom is -0.354 e. The van der Waals surface area contributed by atoms with Crippen LogP contribution in [0.3, 0.4) is 0 Å². The predicted molar refractivity (Wildman–Crippen MR) is 86.0 cm³/mol. The number of nitrogens with zero attached hydrogens (tertiary/aromatic N) is 3. The van der Waals surface area contributed by atoms with E-state index in [0.717, 1.165) is 23.6 Å². The predicted octanol–water partition coefficient (Wildman–Crippen LogP) is 3.92. The molecule has 0 fully saturated rings. The van der Waals surface area contributed by atoms with Crippen molar-refractivity contribution in [2.45, 2.75) is 6.54 Å². The second-order valence-corrected chi connectivity index (χ2v) is 5.13. The van der Waals surface area contributed by atoms with Crippen molar-refractivity contribution in [1.29, 1.82) is 0 Å². The summed E-state index contributed by atoms with van der Waals surface area (Å²) in [4.78, 5) is 2.04. The first-order chi connectivity index (χ1) is 10.7. The second kappa shape index (κ2) is 6.35. The number of aromatic nitrogens is 2. The highest BCUT2D eigenvalue weighted by Crippen LogP contribution is 2.19.